The first-order valence-corrected chi connectivity index (χ1v) is 12.4. The zero-order valence-corrected chi connectivity index (χ0v) is 22.2. The summed E-state index contributed by atoms with van der Waals surface area (Å²) in [6.07, 6.45) is 2.86. The van der Waals surface area contributed by atoms with Gasteiger partial charge in [-0.1, -0.05) is 17.7 Å². The smallest absolute Gasteiger partial charge is 0.413 e. The summed E-state index contributed by atoms with van der Waals surface area (Å²) in [5, 5.41) is 15.3. The second-order valence-electron chi connectivity index (χ2n) is 9.41. The molecule has 200 valence electrons. The number of carbonyl (C=O) groups excluding carboxylic acids is 1. The Morgan fingerprint density at radius 2 is 1.89 bits per heavy atom. The largest absolute Gasteiger partial charge is 0.456 e. The van der Waals surface area contributed by atoms with Crippen molar-refractivity contribution in [2.45, 2.75) is 32.9 Å². The van der Waals surface area contributed by atoms with Gasteiger partial charge in [-0.2, -0.15) is 0 Å². The zero-order chi connectivity index (χ0) is 27.1. The molecule has 0 aliphatic rings. The van der Waals surface area contributed by atoms with Gasteiger partial charge in [-0.25, -0.2) is 14.8 Å². The van der Waals surface area contributed by atoms with Gasteiger partial charge in [-0.05, 0) is 57.2 Å². The number of anilines is 2. The number of fused-ring (bicyclic) bond motifs is 1. The van der Waals surface area contributed by atoms with Gasteiger partial charge in [0.25, 0.3) is 0 Å². The highest BCUT2D eigenvalue weighted by Gasteiger charge is 2.16. The number of aromatic nitrogens is 3. The van der Waals surface area contributed by atoms with E-state index in [4.69, 9.17) is 30.9 Å². The molecule has 0 saturated heterocycles. The minimum atomic E-state index is -0.550. The summed E-state index contributed by atoms with van der Waals surface area (Å²) < 4.78 is 18.7. The van der Waals surface area contributed by atoms with Crippen LogP contribution < -0.4 is 20.1 Å². The number of aliphatic hydroxyl groups is 1. The van der Waals surface area contributed by atoms with Gasteiger partial charge in [0.1, 0.15) is 29.1 Å². The van der Waals surface area contributed by atoms with Crippen molar-refractivity contribution in [2.75, 3.05) is 25.1 Å². The molecule has 0 atom stereocenters. The first-order chi connectivity index (χ1) is 18.2. The quantitative estimate of drug-likeness (QED) is 0.225. The summed E-state index contributed by atoms with van der Waals surface area (Å²) in [7, 11) is 0. The van der Waals surface area contributed by atoms with Crippen LogP contribution in [0.3, 0.4) is 0 Å². The number of nitrogens with zero attached hydrogens (tertiary/aromatic N) is 3. The summed E-state index contributed by atoms with van der Waals surface area (Å²) in [4.78, 5) is 20.8. The molecule has 0 aliphatic carbocycles. The average Bonchev–Trinajstić information content (AvgIpc) is 3.27. The van der Waals surface area contributed by atoms with Crippen molar-refractivity contribution >= 4 is 40.2 Å². The molecule has 0 radical (unpaired) electrons. The predicted octanol–water partition coefficient (Wildman–Crippen LogP) is 5.52. The molecule has 1 amide bonds. The van der Waals surface area contributed by atoms with Crippen LogP contribution >= 0.6 is 11.6 Å². The van der Waals surface area contributed by atoms with E-state index in [0.29, 0.717) is 46.9 Å². The molecule has 4 rings (SSSR count). The molecule has 38 heavy (non-hydrogen) atoms. The van der Waals surface area contributed by atoms with Crippen LogP contribution in [0.5, 0.6) is 17.2 Å². The molecule has 3 N–H and O–H groups in total. The number of ether oxygens (including phenoxy) is 3. The number of benzene rings is 2. The third kappa shape index (κ3) is 7.34. The molecular weight excluding hydrogens is 510 g/mol. The van der Waals surface area contributed by atoms with Crippen molar-refractivity contribution in [1.29, 1.82) is 0 Å². The van der Waals surface area contributed by atoms with Gasteiger partial charge in [-0.3, -0.25) is 0 Å². The number of hydrogen-bond acceptors (Lipinski definition) is 8. The monoisotopic (exact) mass is 539 g/mol. The van der Waals surface area contributed by atoms with Gasteiger partial charge in [-0.15, -0.1) is 0 Å². The number of hydrogen-bond donors (Lipinski definition) is 3. The van der Waals surface area contributed by atoms with Crippen LogP contribution in [-0.2, 0) is 11.3 Å². The Hall–Kier alpha value is -3.86. The molecule has 10 nitrogen and oxygen atoms in total. The predicted molar refractivity (Wildman–Crippen MR) is 146 cm³/mol. The van der Waals surface area contributed by atoms with E-state index in [1.54, 1.807) is 36.4 Å². The third-order valence-corrected chi connectivity index (χ3v) is 5.47. The second kappa shape index (κ2) is 12.1. The Labute approximate surface area is 225 Å². The fourth-order valence-corrected chi connectivity index (χ4v) is 3.82. The Kier molecular flexibility index (Phi) is 8.67. The summed E-state index contributed by atoms with van der Waals surface area (Å²) in [6.45, 7) is 6.91. The number of carbonyl (C=O) groups is 1. The lowest BCUT2D eigenvalue weighted by molar-refractivity contribution is 0.0875. The molecule has 0 spiro atoms. The first-order valence-electron chi connectivity index (χ1n) is 12.0. The highest BCUT2D eigenvalue weighted by molar-refractivity contribution is 6.32. The van der Waals surface area contributed by atoms with Crippen LogP contribution in [0, 0.1) is 0 Å². The van der Waals surface area contributed by atoms with E-state index in [0.717, 1.165) is 11.0 Å². The number of nitrogens with one attached hydrogen (secondary N) is 2. The molecule has 2 heterocycles. The third-order valence-electron chi connectivity index (χ3n) is 5.18. The van der Waals surface area contributed by atoms with Gasteiger partial charge >= 0.3 is 6.09 Å². The first kappa shape index (κ1) is 27.2. The maximum Gasteiger partial charge on any atom is 0.413 e. The van der Waals surface area contributed by atoms with E-state index >= 15 is 0 Å². The van der Waals surface area contributed by atoms with Crippen LogP contribution in [0.4, 0.5) is 16.3 Å². The molecule has 2 aromatic carbocycles. The van der Waals surface area contributed by atoms with E-state index in [9.17, 15) is 4.79 Å². The van der Waals surface area contributed by atoms with E-state index in [2.05, 4.69) is 20.6 Å². The van der Waals surface area contributed by atoms with Crippen molar-refractivity contribution in [3.8, 4) is 17.2 Å². The fourth-order valence-electron chi connectivity index (χ4n) is 3.60. The standard InChI is InChI=1S/C27H30ClN5O5/c1-27(2,3)32-26(35)38-20-6-4-5-19(16-20)37-23-8-7-18(15-21(23)28)31-25-24-22(29-17-30-25)9-10-33(24)11-13-36-14-12-34/h4-10,15-17,34H,11-14H2,1-3H3,(H,32,35)(H,29,30,31). The highest BCUT2D eigenvalue weighted by atomic mass is 35.5. The Morgan fingerprint density at radius 3 is 2.66 bits per heavy atom. The Balaban J connectivity index is 1.46. The van der Waals surface area contributed by atoms with Gasteiger partial charge in [0.2, 0.25) is 0 Å². The van der Waals surface area contributed by atoms with Gasteiger partial charge < -0.3 is 34.5 Å². The highest BCUT2D eigenvalue weighted by Crippen LogP contribution is 2.34. The lowest BCUT2D eigenvalue weighted by Gasteiger charge is -2.19. The number of halogens is 1. The molecule has 0 unspecified atom stereocenters. The van der Waals surface area contributed by atoms with Crippen LogP contribution in [-0.4, -0.2) is 51.1 Å². The summed E-state index contributed by atoms with van der Waals surface area (Å²) in [5.41, 5.74) is 1.91. The van der Waals surface area contributed by atoms with Gasteiger partial charge in [0.05, 0.1) is 30.4 Å². The minimum Gasteiger partial charge on any atom is -0.456 e. The molecule has 0 saturated carbocycles. The minimum absolute atomic E-state index is 0.0172. The summed E-state index contributed by atoms with van der Waals surface area (Å²) in [6, 6.07) is 14.0. The Morgan fingerprint density at radius 1 is 1.08 bits per heavy atom. The normalized spacial score (nSPS) is 11.4. The van der Waals surface area contributed by atoms with Crippen LogP contribution in [0.2, 0.25) is 5.02 Å². The maximum absolute atomic E-state index is 12.1. The number of rotatable bonds is 10. The van der Waals surface area contributed by atoms with Gasteiger partial charge in [0, 0.05) is 30.0 Å². The van der Waals surface area contributed by atoms with E-state index < -0.39 is 11.6 Å². The topological polar surface area (TPSA) is 120 Å². The van der Waals surface area contributed by atoms with E-state index in [1.165, 1.54) is 6.33 Å². The molecule has 4 aromatic rings. The zero-order valence-electron chi connectivity index (χ0n) is 21.4. The van der Waals surface area contributed by atoms with E-state index in [1.807, 2.05) is 43.7 Å². The van der Waals surface area contributed by atoms with Crippen molar-refractivity contribution in [2.24, 2.45) is 0 Å². The molecule has 2 aromatic heterocycles. The molecule has 0 bridgehead atoms. The van der Waals surface area contributed by atoms with Crippen LogP contribution in [0.25, 0.3) is 11.0 Å². The van der Waals surface area contributed by atoms with Crippen molar-refractivity contribution < 1.29 is 24.1 Å². The van der Waals surface area contributed by atoms with Gasteiger partial charge in [0.15, 0.2) is 5.82 Å². The molecular formula is C27H30ClN5O5. The Bertz CT molecular complexity index is 1400. The van der Waals surface area contributed by atoms with E-state index in [-0.39, 0.29) is 13.2 Å². The van der Waals surface area contributed by atoms with Crippen molar-refractivity contribution in [1.82, 2.24) is 19.9 Å². The molecule has 0 aliphatic heterocycles. The van der Waals surface area contributed by atoms with Crippen LogP contribution in [0.1, 0.15) is 20.8 Å². The second-order valence-corrected chi connectivity index (χ2v) is 9.82. The fraction of sp³-hybridized carbons (Fsp3) is 0.296. The maximum atomic E-state index is 12.1. The van der Waals surface area contributed by atoms with Crippen LogP contribution in [0.15, 0.2) is 61.1 Å². The lowest BCUT2D eigenvalue weighted by atomic mass is 10.1. The lowest BCUT2D eigenvalue weighted by Crippen LogP contribution is -2.42. The number of aliphatic hydroxyl groups excluding tert-OH is 1. The molecule has 11 heteroatoms. The van der Waals surface area contributed by atoms with Crippen molar-refractivity contribution in [3.63, 3.8) is 0 Å². The summed E-state index contributed by atoms with van der Waals surface area (Å²) in [5.74, 6) is 1.86. The number of amides is 1. The average molecular weight is 540 g/mol. The van der Waals surface area contributed by atoms with Crippen molar-refractivity contribution in [3.05, 3.63) is 66.1 Å². The summed E-state index contributed by atoms with van der Waals surface area (Å²) >= 11 is 6.53. The molecule has 0 fully saturated rings. The SMILES string of the molecule is CC(C)(C)NC(=O)Oc1cccc(Oc2ccc(Nc3ncnc4ccn(CCOCCO)c34)cc2Cl)c1.